The number of fused-ring (bicyclic) bond motifs is 1. The fourth-order valence-corrected chi connectivity index (χ4v) is 4.76. The summed E-state index contributed by atoms with van der Waals surface area (Å²) in [6, 6.07) is 1.74. The van der Waals surface area contributed by atoms with Gasteiger partial charge in [0.1, 0.15) is 23.3 Å². The van der Waals surface area contributed by atoms with Crippen LogP contribution < -0.4 is 10.5 Å². The Labute approximate surface area is 200 Å². The summed E-state index contributed by atoms with van der Waals surface area (Å²) in [5.41, 5.74) is 2.36. The number of nitrogens with zero attached hydrogens (tertiary/aromatic N) is 6. The van der Waals surface area contributed by atoms with E-state index in [9.17, 15) is 18.0 Å². The van der Waals surface area contributed by atoms with Gasteiger partial charge in [0.25, 0.3) is 5.56 Å². The Morgan fingerprint density at radius 3 is 2.66 bits per heavy atom. The normalized spacial score (nSPS) is 21.4. The maximum atomic E-state index is 13.2. The van der Waals surface area contributed by atoms with Crippen molar-refractivity contribution in [1.82, 2.24) is 24.3 Å². The number of rotatable bonds is 3. The van der Waals surface area contributed by atoms with E-state index in [0.29, 0.717) is 53.5 Å². The molecule has 1 unspecified atom stereocenters. The minimum absolute atomic E-state index is 0.00675. The molecule has 1 fully saturated rings. The Hall–Kier alpha value is -3.21. The van der Waals surface area contributed by atoms with Crippen molar-refractivity contribution in [2.45, 2.75) is 38.5 Å². The number of pyridine rings is 1. The van der Waals surface area contributed by atoms with Crippen LogP contribution >= 0.6 is 0 Å². The van der Waals surface area contributed by atoms with Gasteiger partial charge in [-0.1, -0.05) is 6.08 Å². The Bertz CT molecular complexity index is 1360. The predicted molar refractivity (Wildman–Crippen MR) is 125 cm³/mol. The van der Waals surface area contributed by atoms with E-state index in [-0.39, 0.29) is 30.9 Å². The van der Waals surface area contributed by atoms with Crippen LogP contribution in [0.5, 0.6) is 0 Å². The van der Waals surface area contributed by atoms with Gasteiger partial charge in [-0.15, -0.1) is 0 Å². The van der Waals surface area contributed by atoms with Gasteiger partial charge in [0.15, 0.2) is 0 Å². The molecule has 0 aromatic carbocycles. The molecule has 1 aliphatic heterocycles. The van der Waals surface area contributed by atoms with Gasteiger partial charge in [0.05, 0.1) is 29.8 Å². The molecule has 1 saturated heterocycles. The standard InChI is InChI=1S/C24H27F3N6O2/c1-14-29-22-18(23(34)32(14)3)10-20(30-21(22)15-4-6-17(7-5-15)24(25,26)27)33-8-9-35-19(13-33)16-11-28-31(2)12-16/h4,10-12,17,19H,5-9,13H2,1-3H3/t17?,19-/m0/s1. The lowest BCUT2D eigenvalue weighted by Gasteiger charge is -2.34. The largest absolute Gasteiger partial charge is 0.392 e. The molecule has 0 spiro atoms. The van der Waals surface area contributed by atoms with Crippen molar-refractivity contribution in [2.75, 3.05) is 24.6 Å². The topological polar surface area (TPSA) is 78.1 Å². The number of hydrogen-bond donors (Lipinski definition) is 0. The van der Waals surface area contributed by atoms with Crippen molar-refractivity contribution in [3.63, 3.8) is 0 Å². The van der Waals surface area contributed by atoms with Gasteiger partial charge in [-0.2, -0.15) is 18.3 Å². The van der Waals surface area contributed by atoms with Crippen molar-refractivity contribution in [3.8, 4) is 0 Å². The number of aromatic nitrogens is 5. The summed E-state index contributed by atoms with van der Waals surface area (Å²) in [4.78, 5) is 24.7. The molecule has 2 aliphatic rings. The SMILES string of the molecule is Cc1nc2c(C3=CCC(C(F)(F)F)CC3)nc(N3CCO[C@H](c4cnn(C)c4)C3)cc2c(=O)n1C. The third-order valence-electron chi connectivity index (χ3n) is 6.94. The third-order valence-corrected chi connectivity index (χ3v) is 6.94. The zero-order valence-electron chi connectivity index (χ0n) is 19.8. The van der Waals surface area contributed by atoms with Gasteiger partial charge >= 0.3 is 6.18 Å². The summed E-state index contributed by atoms with van der Waals surface area (Å²) in [6.45, 7) is 3.28. The van der Waals surface area contributed by atoms with Crippen LogP contribution in [0.15, 0.2) is 29.3 Å². The Morgan fingerprint density at radius 1 is 1.20 bits per heavy atom. The first-order chi connectivity index (χ1) is 16.6. The van der Waals surface area contributed by atoms with Gasteiger partial charge in [-0.25, -0.2) is 9.97 Å². The number of allylic oxidation sites excluding steroid dienone is 2. The highest BCUT2D eigenvalue weighted by molar-refractivity contribution is 5.90. The van der Waals surface area contributed by atoms with Crippen LogP contribution in [0.25, 0.3) is 16.5 Å². The van der Waals surface area contributed by atoms with Crippen molar-refractivity contribution in [2.24, 2.45) is 20.0 Å². The molecule has 186 valence electrons. The van der Waals surface area contributed by atoms with E-state index in [4.69, 9.17) is 9.72 Å². The average Bonchev–Trinajstić information content (AvgIpc) is 3.28. The summed E-state index contributed by atoms with van der Waals surface area (Å²) in [5, 5.41) is 4.63. The van der Waals surface area contributed by atoms with Crippen LogP contribution in [-0.2, 0) is 18.8 Å². The third kappa shape index (κ3) is 4.44. The molecule has 8 nitrogen and oxygen atoms in total. The zero-order chi connectivity index (χ0) is 24.9. The number of anilines is 1. The van der Waals surface area contributed by atoms with Crippen molar-refractivity contribution < 1.29 is 17.9 Å². The summed E-state index contributed by atoms with van der Waals surface area (Å²) in [7, 11) is 3.50. The van der Waals surface area contributed by atoms with Crippen molar-refractivity contribution in [1.29, 1.82) is 0 Å². The van der Waals surface area contributed by atoms with Crippen LogP contribution in [0, 0.1) is 12.8 Å². The lowest BCUT2D eigenvalue weighted by atomic mass is 9.87. The molecule has 0 bridgehead atoms. The van der Waals surface area contributed by atoms with E-state index in [1.54, 1.807) is 37.0 Å². The molecular formula is C24H27F3N6O2. The number of alkyl halides is 3. The van der Waals surface area contributed by atoms with Crippen molar-refractivity contribution >= 4 is 22.3 Å². The molecule has 3 aromatic rings. The number of aryl methyl sites for hydroxylation is 2. The number of hydrogen-bond acceptors (Lipinski definition) is 6. The minimum Gasteiger partial charge on any atom is -0.370 e. The van der Waals surface area contributed by atoms with E-state index < -0.39 is 12.1 Å². The highest BCUT2D eigenvalue weighted by Crippen LogP contribution is 2.40. The van der Waals surface area contributed by atoms with Crippen molar-refractivity contribution in [3.05, 3.63) is 52.0 Å². The monoisotopic (exact) mass is 488 g/mol. The second-order valence-corrected chi connectivity index (χ2v) is 9.24. The molecule has 0 N–H and O–H groups in total. The fourth-order valence-electron chi connectivity index (χ4n) is 4.76. The first kappa shape index (κ1) is 23.5. The van der Waals surface area contributed by atoms with Crippen LogP contribution in [0.1, 0.15) is 42.4 Å². The van der Waals surface area contributed by atoms with Gasteiger partial charge in [-0.05, 0) is 37.8 Å². The number of ether oxygens (including phenoxy) is 1. The molecule has 11 heteroatoms. The first-order valence-corrected chi connectivity index (χ1v) is 11.6. The van der Waals surface area contributed by atoms with Gasteiger partial charge < -0.3 is 9.64 Å². The van der Waals surface area contributed by atoms with Crippen LogP contribution in [0.4, 0.5) is 19.0 Å². The smallest absolute Gasteiger partial charge is 0.370 e. The lowest BCUT2D eigenvalue weighted by Crippen LogP contribution is -2.39. The molecule has 5 rings (SSSR count). The second kappa shape index (κ2) is 8.78. The molecule has 35 heavy (non-hydrogen) atoms. The molecule has 1 aliphatic carbocycles. The maximum Gasteiger partial charge on any atom is 0.392 e. The molecule has 4 heterocycles. The maximum absolute atomic E-state index is 13.2. The molecule has 2 atom stereocenters. The summed E-state index contributed by atoms with van der Waals surface area (Å²) < 4.78 is 48.8. The molecular weight excluding hydrogens is 461 g/mol. The zero-order valence-corrected chi connectivity index (χ0v) is 19.8. The second-order valence-electron chi connectivity index (χ2n) is 9.24. The fraction of sp³-hybridized carbons (Fsp3) is 0.500. The summed E-state index contributed by atoms with van der Waals surface area (Å²) in [6.07, 6.45) is 0.966. The molecule has 0 radical (unpaired) electrons. The number of halogens is 3. The van der Waals surface area contributed by atoms with Crippen LogP contribution in [0.3, 0.4) is 0 Å². The minimum atomic E-state index is -4.22. The van der Waals surface area contributed by atoms with E-state index in [1.807, 2.05) is 18.1 Å². The average molecular weight is 489 g/mol. The molecule has 0 amide bonds. The number of morpholine rings is 1. The van der Waals surface area contributed by atoms with E-state index in [1.165, 1.54) is 4.57 Å². The summed E-state index contributed by atoms with van der Waals surface area (Å²) in [5.74, 6) is -0.250. The molecule has 0 saturated carbocycles. The Balaban J connectivity index is 1.58. The Morgan fingerprint density at radius 2 is 2.00 bits per heavy atom. The molecule has 3 aromatic heterocycles. The highest BCUT2D eigenvalue weighted by atomic mass is 19.4. The van der Waals surface area contributed by atoms with Crippen LogP contribution in [0.2, 0.25) is 0 Å². The van der Waals surface area contributed by atoms with E-state index >= 15 is 0 Å². The highest BCUT2D eigenvalue weighted by Gasteiger charge is 2.40. The van der Waals surface area contributed by atoms with Gasteiger partial charge in [0.2, 0.25) is 0 Å². The van der Waals surface area contributed by atoms with Gasteiger partial charge in [0, 0.05) is 38.9 Å². The lowest BCUT2D eigenvalue weighted by molar-refractivity contribution is -0.175. The first-order valence-electron chi connectivity index (χ1n) is 11.6. The summed E-state index contributed by atoms with van der Waals surface area (Å²) >= 11 is 0. The Kier molecular flexibility index (Phi) is 5.90. The van der Waals surface area contributed by atoms with E-state index in [2.05, 4.69) is 10.1 Å². The van der Waals surface area contributed by atoms with E-state index in [0.717, 1.165) is 5.56 Å². The van der Waals surface area contributed by atoms with Gasteiger partial charge in [-0.3, -0.25) is 14.0 Å². The quantitative estimate of drug-likeness (QED) is 0.560. The van der Waals surface area contributed by atoms with Crippen LogP contribution in [-0.4, -0.2) is 50.2 Å². The predicted octanol–water partition coefficient (Wildman–Crippen LogP) is 3.69.